The number of rotatable bonds is 7. The van der Waals surface area contributed by atoms with Crippen LogP contribution in [-0.2, 0) is 9.47 Å². The van der Waals surface area contributed by atoms with Crippen LogP contribution in [-0.4, -0.2) is 36.6 Å². The van der Waals surface area contributed by atoms with Gasteiger partial charge >= 0.3 is 0 Å². The van der Waals surface area contributed by atoms with Gasteiger partial charge in [-0.15, -0.1) is 0 Å². The average molecular weight is 230 g/mol. The Labute approximate surface area is 99.1 Å². The maximum Gasteiger partial charge on any atom is 0.0845 e. The molecule has 0 bridgehead atoms. The summed E-state index contributed by atoms with van der Waals surface area (Å²) in [6.45, 7) is 8.13. The highest BCUT2D eigenvalue weighted by atomic mass is 16.5. The molecule has 0 saturated carbocycles. The molecular weight excluding hydrogens is 204 g/mol. The SMILES string of the molecule is CCCCOC[C@H]1OC(C)(C)C[C@H]1CCO. The van der Waals surface area contributed by atoms with Gasteiger partial charge in [-0.3, -0.25) is 0 Å². The second-order valence-corrected chi connectivity index (χ2v) is 5.32. The zero-order chi connectivity index (χ0) is 12.0. The first kappa shape index (κ1) is 13.9. The summed E-state index contributed by atoms with van der Waals surface area (Å²) < 4.78 is 11.6. The van der Waals surface area contributed by atoms with E-state index in [2.05, 4.69) is 20.8 Å². The molecule has 0 spiro atoms. The van der Waals surface area contributed by atoms with Crippen molar-refractivity contribution >= 4 is 0 Å². The third-order valence-corrected chi connectivity index (χ3v) is 3.17. The molecule has 0 unspecified atom stereocenters. The van der Waals surface area contributed by atoms with Gasteiger partial charge in [0.1, 0.15) is 0 Å². The minimum absolute atomic E-state index is 0.0569. The normalized spacial score (nSPS) is 28.5. The van der Waals surface area contributed by atoms with Crippen LogP contribution in [0.4, 0.5) is 0 Å². The number of hydrogen-bond donors (Lipinski definition) is 1. The van der Waals surface area contributed by atoms with Crippen LogP contribution in [0.25, 0.3) is 0 Å². The molecule has 96 valence electrons. The van der Waals surface area contributed by atoms with E-state index in [1.54, 1.807) is 0 Å². The van der Waals surface area contributed by atoms with Gasteiger partial charge in [0, 0.05) is 13.2 Å². The monoisotopic (exact) mass is 230 g/mol. The molecule has 1 aliphatic rings. The summed E-state index contributed by atoms with van der Waals surface area (Å²) in [5, 5.41) is 9.03. The first-order chi connectivity index (χ1) is 7.59. The van der Waals surface area contributed by atoms with Gasteiger partial charge in [-0.05, 0) is 39.0 Å². The van der Waals surface area contributed by atoms with E-state index in [1.165, 1.54) is 0 Å². The molecule has 1 saturated heterocycles. The highest BCUT2D eigenvalue weighted by Gasteiger charge is 2.39. The number of hydrogen-bond acceptors (Lipinski definition) is 3. The molecule has 0 amide bonds. The maximum absolute atomic E-state index is 9.03. The average Bonchev–Trinajstić information content (AvgIpc) is 2.49. The zero-order valence-electron chi connectivity index (χ0n) is 10.9. The Morgan fingerprint density at radius 1 is 1.44 bits per heavy atom. The minimum Gasteiger partial charge on any atom is -0.396 e. The Balaban J connectivity index is 2.31. The van der Waals surface area contributed by atoms with E-state index >= 15 is 0 Å². The topological polar surface area (TPSA) is 38.7 Å². The molecule has 0 aromatic heterocycles. The predicted octanol–water partition coefficient (Wildman–Crippen LogP) is 2.37. The lowest BCUT2D eigenvalue weighted by Gasteiger charge is -2.19. The van der Waals surface area contributed by atoms with Gasteiger partial charge in [0.05, 0.1) is 18.3 Å². The number of aliphatic hydroxyl groups is 1. The summed E-state index contributed by atoms with van der Waals surface area (Å²) >= 11 is 0. The highest BCUT2D eigenvalue weighted by molar-refractivity contribution is 4.87. The molecule has 0 aromatic carbocycles. The first-order valence-electron chi connectivity index (χ1n) is 6.45. The number of unbranched alkanes of at least 4 members (excludes halogenated alkanes) is 1. The fraction of sp³-hybridized carbons (Fsp3) is 1.00. The predicted molar refractivity (Wildman–Crippen MR) is 64.5 cm³/mol. The van der Waals surface area contributed by atoms with Crippen LogP contribution in [0.15, 0.2) is 0 Å². The molecule has 0 aromatic rings. The van der Waals surface area contributed by atoms with Crippen molar-refractivity contribution in [2.45, 2.75) is 58.2 Å². The van der Waals surface area contributed by atoms with Crippen molar-refractivity contribution in [2.24, 2.45) is 5.92 Å². The van der Waals surface area contributed by atoms with Crippen molar-refractivity contribution in [3.8, 4) is 0 Å². The van der Waals surface area contributed by atoms with Crippen LogP contribution in [0.2, 0.25) is 0 Å². The summed E-state index contributed by atoms with van der Waals surface area (Å²) in [4.78, 5) is 0. The maximum atomic E-state index is 9.03. The molecule has 1 fully saturated rings. The van der Waals surface area contributed by atoms with Gasteiger partial charge in [-0.25, -0.2) is 0 Å². The Bertz CT molecular complexity index is 192. The van der Waals surface area contributed by atoms with Gasteiger partial charge in [0.15, 0.2) is 0 Å². The van der Waals surface area contributed by atoms with Gasteiger partial charge in [0.25, 0.3) is 0 Å². The fourth-order valence-electron chi connectivity index (χ4n) is 2.39. The van der Waals surface area contributed by atoms with Crippen molar-refractivity contribution in [3.63, 3.8) is 0 Å². The van der Waals surface area contributed by atoms with Crippen LogP contribution in [0.1, 0.15) is 46.5 Å². The molecule has 2 atom stereocenters. The second-order valence-electron chi connectivity index (χ2n) is 5.32. The molecule has 1 heterocycles. The van der Waals surface area contributed by atoms with Gasteiger partial charge in [-0.2, -0.15) is 0 Å². The lowest BCUT2D eigenvalue weighted by Crippen LogP contribution is -2.25. The van der Waals surface area contributed by atoms with Crippen molar-refractivity contribution in [1.82, 2.24) is 0 Å². The Morgan fingerprint density at radius 2 is 2.19 bits per heavy atom. The lowest BCUT2D eigenvalue weighted by atomic mass is 9.92. The lowest BCUT2D eigenvalue weighted by molar-refractivity contribution is -0.0620. The van der Waals surface area contributed by atoms with Crippen LogP contribution in [0.3, 0.4) is 0 Å². The van der Waals surface area contributed by atoms with Gasteiger partial charge in [-0.1, -0.05) is 13.3 Å². The van der Waals surface area contributed by atoms with Crippen LogP contribution >= 0.6 is 0 Å². The van der Waals surface area contributed by atoms with E-state index in [9.17, 15) is 0 Å². The zero-order valence-corrected chi connectivity index (χ0v) is 10.9. The standard InChI is InChI=1S/C13H26O3/c1-4-5-8-15-10-12-11(6-7-14)9-13(2,3)16-12/h11-12,14H,4-10H2,1-3H3/t11-,12-/m1/s1. The van der Waals surface area contributed by atoms with Crippen LogP contribution in [0.5, 0.6) is 0 Å². The van der Waals surface area contributed by atoms with E-state index < -0.39 is 0 Å². The van der Waals surface area contributed by atoms with Crippen molar-refractivity contribution < 1.29 is 14.6 Å². The summed E-state index contributed by atoms with van der Waals surface area (Å²) in [5.74, 6) is 0.446. The van der Waals surface area contributed by atoms with Gasteiger partial charge < -0.3 is 14.6 Å². The smallest absolute Gasteiger partial charge is 0.0845 e. The minimum atomic E-state index is -0.0569. The second kappa shape index (κ2) is 6.58. The Morgan fingerprint density at radius 3 is 2.81 bits per heavy atom. The van der Waals surface area contributed by atoms with Crippen molar-refractivity contribution in [2.75, 3.05) is 19.8 Å². The summed E-state index contributed by atoms with van der Waals surface area (Å²) in [5.41, 5.74) is -0.0569. The number of aliphatic hydroxyl groups excluding tert-OH is 1. The molecule has 1 aliphatic heterocycles. The summed E-state index contributed by atoms with van der Waals surface area (Å²) in [6.07, 6.45) is 4.29. The molecule has 16 heavy (non-hydrogen) atoms. The first-order valence-corrected chi connectivity index (χ1v) is 6.45. The summed E-state index contributed by atoms with van der Waals surface area (Å²) in [6, 6.07) is 0. The van der Waals surface area contributed by atoms with Crippen molar-refractivity contribution in [1.29, 1.82) is 0 Å². The third kappa shape index (κ3) is 4.40. The van der Waals surface area contributed by atoms with E-state index in [1.807, 2.05) is 0 Å². The molecule has 0 radical (unpaired) electrons. The van der Waals surface area contributed by atoms with Crippen LogP contribution < -0.4 is 0 Å². The molecule has 1 N–H and O–H groups in total. The molecular formula is C13H26O3. The van der Waals surface area contributed by atoms with E-state index in [4.69, 9.17) is 14.6 Å². The van der Waals surface area contributed by atoms with E-state index in [0.29, 0.717) is 12.5 Å². The quantitative estimate of drug-likeness (QED) is 0.682. The van der Waals surface area contributed by atoms with E-state index in [-0.39, 0.29) is 18.3 Å². The number of ether oxygens (including phenoxy) is 2. The molecule has 1 rings (SSSR count). The molecule has 3 nitrogen and oxygen atoms in total. The molecule has 3 heteroatoms. The van der Waals surface area contributed by atoms with Crippen molar-refractivity contribution in [3.05, 3.63) is 0 Å². The largest absolute Gasteiger partial charge is 0.396 e. The third-order valence-electron chi connectivity index (χ3n) is 3.17. The molecule has 0 aliphatic carbocycles. The fourth-order valence-corrected chi connectivity index (χ4v) is 2.39. The van der Waals surface area contributed by atoms with Crippen LogP contribution in [0, 0.1) is 5.92 Å². The Hall–Kier alpha value is -0.120. The summed E-state index contributed by atoms with van der Waals surface area (Å²) in [7, 11) is 0. The highest BCUT2D eigenvalue weighted by Crippen LogP contribution is 2.36. The van der Waals surface area contributed by atoms with Gasteiger partial charge in [0.2, 0.25) is 0 Å². The Kier molecular flexibility index (Phi) is 5.73. The van der Waals surface area contributed by atoms with E-state index in [0.717, 1.165) is 32.3 Å².